The third kappa shape index (κ3) is 3.80. The highest BCUT2D eigenvalue weighted by Gasteiger charge is 2.40. The number of carbonyl (C=O) groups is 2. The van der Waals surface area contributed by atoms with E-state index >= 15 is 0 Å². The molecule has 1 fully saturated rings. The molecule has 2 amide bonds. The van der Waals surface area contributed by atoms with Crippen LogP contribution in [-0.4, -0.2) is 24.9 Å². The fourth-order valence-corrected chi connectivity index (χ4v) is 4.94. The Hall–Kier alpha value is -3.45. The molecule has 3 aromatic rings. The lowest BCUT2D eigenvalue weighted by molar-refractivity contribution is -0.120. The lowest BCUT2D eigenvalue weighted by Crippen LogP contribution is -2.32. The van der Waals surface area contributed by atoms with Gasteiger partial charge in [0.25, 0.3) is 11.8 Å². The van der Waals surface area contributed by atoms with Crippen molar-refractivity contribution in [3.05, 3.63) is 82.4 Å². The Labute approximate surface area is 189 Å². The van der Waals surface area contributed by atoms with Crippen molar-refractivity contribution in [1.82, 2.24) is 0 Å². The number of nitrogens with zero attached hydrogens (tertiary/aromatic N) is 2. The Kier molecular flexibility index (Phi) is 5.49. The summed E-state index contributed by atoms with van der Waals surface area (Å²) in [5.41, 5.74) is 2.79. The van der Waals surface area contributed by atoms with Gasteiger partial charge in [-0.3, -0.25) is 9.59 Å². The largest absolute Gasteiger partial charge is 0.372 e. The molecule has 5 rings (SSSR count). The van der Waals surface area contributed by atoms with E-state index in [1.165, 1.54) is 54.9 Å². The molecule has 0 atom stereocenters. The van der Waals surface area contributed by atoms with Crippen LogP contribution < -0.4 is 15.1 Å². The van der Waals surface area contributed by atoms with E-state index < -0.39 is 17.6 Å². The summed E-state index contributed by atoms with van der Waals surface area (Å²) in [7, 11) is 0. The van der Waals surface area contributed by atoms with Crippen LogP contribution in [0.25, 0.3) is 5.57 Å². The summed E-state index contributed by atoms with van der Waals surface area (Å²) in [4.78, 5) is 30.8. The number of imide groups is 1. The second-order valence-corrected chi connectivity index (χ2v) is 8.82. The Morgan fingerprint density at radius 1 is 0.812 bits per heavy atom. The molecule has 2 aliphatic rings. The maximum absolute atomic E-state index is 13.4. The molecule has 1 aromatic heterocycles. The summed E-state index contributed by atoms with van der Waals surface area (Å²) in [6, 6.07) is 17.0. The van der Waals surface area contributed by atoms with E-state index in [1.807, 2.05) is 41.8 Å². The molecule has 5 nitrogen and oxygen atoms in total. The van der Waals surface area contributed by atoms with Crippen molar-refractivity contribution in [2.75, 3.05) is 28.2 Å². The van der Waals surface area contributed by atoms with Crippen LogP contribution in [-0.2, 0) is 9.59 Å². The number of anilines is 3. The van der Waals surface area contributed by atoms with Crippen molar-refractivity contribution >= 4 is 45.8 Å². The first-order valence-corrected chi connectivity index (χ1v) is 11.5. The Balaban J connectivity index is 1.46. The molecule has 0 unspecified atom stereocenters. The molecule has 3 heterocycles. The second kappa shape index (κ2) is 8.59. The first-order valence-electron chi connectivity index (χ1n) is 10.7. The van der Waals surface area contributed by atoms with Gasteiger partial charge in [0, 0.05) is 29.3 Å². The van der Waals surface area contributed by atoms with Crippen LogP contribution in [0, 0.1) is 5.82 Å². The molecular formula is C25H22FN3O2S. The van der Waals surface area contributed by atoms with Crippen LogP contribution in [0.5, 0.6) is 0 Å². The van der Waals surface area contributed by atoms with Gasteiger partial charge in [-0.2, -0.15) is 0 Å². The first kappa shape index (κ1) is 20.5. The minimum atomic E-state index is -0.454. The van der Waals surface area contributed by atoms with E-state index in [0.717, 1.165) is 29.4 Å². The lowest BCUT2D eigenvalue weighted by atomic mass is 10.1. The van der Waals surface area contributed by atoms with Crippen LogP contribution in [0.3, 0.4) is 0 Å². The smallest absolute Gasteiger partial charge is 0.282 e. The molecule has 162 valence electrons. The molecular weight excluding hydrogens is 425 g/mol. The second-order valence-electron chi connectivity index (χ2n) is 7.87. The van der Waals surface area contributed by atoms with Crippen LogP contribution >= 0.6 is 11.3 Å². The van der Waals surface area contributed by atoms with Gasteiger partial charge >= 0.3 is 0 Å². The SMILES string of the molecule is O=C1C(Nc2ccc(N3CCCCC3)cc2)=C(c2cccs2)C(=O)N1c1ccc(F)cc1. The van der Waals surface area contributed by atoms with E-state index in [2.05, 4.69) is 10.2 Å². The zero-order valence-electron chi connectivity index (χ0n) is 17.4. The summed E-state index contributed by atoms with van der Waals surface area (Å²) in [6.45, 7) is 2.11. The first-order chi connectivity index (χ1) is 15.6. The Morgan fingerprint density at radius 3 is 2.16 bits per heavy atom. The quantitative estimate of drug-likeness (QED) is 0.541. The number of hydrogen-bond donors (Lipinski definition) is 1. The molecule has 0 radical (unpaired) electrons. The van der Waals surface area contributed by atoms with Crippen molar-refractivity contribution < 1.29 is 14.0 Å². The van der Waals surface area contributed by atoms with Crippen molar-refractivity contribution in [3.8, 4) is 0 Å². The standard InChI is InChI=1S/C25H22FN3O2S/c26-17-6-10-20(11-7-17)29-24(30)22(21-5-4-16-32-21)23(25(29)31)27-18-8-12-19(13-9-18)28-14-2-1-3-15-28/h4-13,16,27H,1-3,14-15H2. The zero-order chi connectivity index (χ0) is 22.1. The molecule has 1 N–H and O–H groups in total. The van der Waals surface area contributed by atoms with Crippen molar-refractivity contribution in [1.29, 1.82) is 0 Å². The van der Waals surface area contributed by atoms with Gasteiger partial charge in [0.05, 0.1) is 11.3 Å². The van der Waals surface area contributed by atoms with Gasteiger partial charge in [0.2, 0.25) is 0 Å². The monoisotopic (exact) mass is 447 g/mol. The van der Waals surface area contributed by atoms with Gasteiger partial charge in [-0.1, -0.05) is 6.07 Å². The van der Waals surface area contributed by atoms with Crippen molar-refractivity contribution in [3.63, 3.8) is 0 Å². The molecule has 1 saturated heterocycles. The fourth-order valence-electron chi connectivity index (χ4n) is 4.17. The number of benzene rings is 2. The predicted octanol–water partition coefficient (Wildman–Crippen LogP) is 5.27. The van der Waals surface area contributed by atoms with E-state index in [4.69, 9.17) is 0 Å². The minimum Gasteiger partial charge on any atom is -0.372 e. The molecule has 0 saturated carbocycles. The number of thiophene rings is 1. The third-order valence-electron chi connectivity index (χ3n) is 5.79. The highest BCUT2D eigenvalue weighted by atomic mass is 32.1. The zero-order valence-corrected chi connectivity index (χ0v) is 18.2. The molecule has 2 aliphatic heterocycles. The molecule has 32 heavy (non-hydrogen) atoms. The van der Waals surface area contributed by atoms with Gasteiger partial charge in [-0.05, 0) is 79.2 Å². The predicted molar refractivity (Wildman–Crippen MR) is 126 cm³/mol. The summed E-state index contributed by atoms with van der Waals surface area (Å²) in [5, 5.41) is 5.05. The summed E-state index contributed by atoms with van der Waals surface area (Å²) in [6.07, 6.45) is 3.68. The van der Waals surface area contributed by atoms with E-state index in [1.54, 1.807) is 0 Å². The van der Waals surface area contributed by atoms with Gasteiger partial charge < -0.3 is 10.2 Å². The highest BCUT2D eigenvalue weighted by Crippen LogP contribution is 2.35. The van der Waals surface area contributed by atoms with E-state index in [0.29, 0.717) is 16.1 Å². The van der Waals surface area contributed by atoms with Crippen LogP contribution in [0.4, 0.5) is 21.5 Å². The highest BCUT2D eigenvalue weighted by molar-refractivity contribution is 7.11. The number of carbonyl (C=O) groups excluding carboxylic acids is 2. The van der Waals surface area contributed by atoms with Crippen molar-refractivity contribution in [2.24, 2.45) is 0 Å². The Bertz CT molecular complexity index is 1160. The normalized spacial score (nSPS) is 16.8. The average Bonchev–Trinajstić information content (AvgIpc) is 3.42. The molecule has 2 aromatic carbocycles. The molecule has 0 aliphatic carbocycles. The van der Waals surface area contributed by atoms with Crippen LogP contribution in [0.1, 0.15) is 24.1 Å². The van der Waals surface area contributed by atoms with Gasteiger partial charge in [-0.25, -0.2) is 9.29 Å². The van der Waals surface area contributed by atoms with E-state index in [-0.39, 0.29) is 5.70 Å². The topological polar surface area (TPSA) is 52.7 Å². The summed E-state index contributed by atoms with van der Waals surface area (Å²) < 4.78 is 13.4. The maximum atomic E-state index is 13.4. The van der Waals surface area contributed by atoms with Crippen molar-refractivity contribution in [2.45, 2.75) is 19.3 Å². The van der Waals surface area contributed by atoms with Gasteiger partial charge in [0.1, 0.15) is 11.5 Å². The number of halogens is 1. The summed E-state index contributed by atoms with van der Waals surface area (Å²) >= 11 is 1.40. The lowest BCUT2D eigenvalue weighted by Gasteiger charge is -2.28. The molecule has 7 heteroatoms. The fraction of sp³-hybridized carbons (Fsp3) is 0.200. The number of piperidine rings is 1. The van der Waals surface area contributed by atoms with E-state index in [9.17, 15) is 14.0 Å². The van der Waals surface area contributed by atoms with Crippen LogP contribution in [0.2, 0.25) is 0 Å². The third-order valence-corrected chi connectivity index (χ3v) is 6.68. The van der Waals surface area contributed by atoms with Gasteiger partial charge in [0.15, 0.2) is 0 Å². The minimum absolute atomic E-state index is 0.229. The number of nitrogens with one attached hydrogen (secondary N) is 1. The molecule has 0 bridgehead atoms. The number of hydrogen-bond acceptors (Lipinski definition) is 5. The Morgan fingerprint density at radius 2 is 1.50 bits per heavy atom. The number of rotatable bonds is 5. The maximum Gasteiger partial charge on any atom is 0.282 e. The average molecular weight is 448 g/mol. The number of amides is 2. The summed E-state index contributed by atoms with van der Waals surface area (Å²) in [5.74, 6) is -1.30. The van der Waals surface area contributed by atoms with Gasteiger partial charge in [-0.15, -0.1) is 11.3 Å². The molecule has 0 spiro atoms. The van der Waals surface area contributed by atoms with Crippen LogP contribution in [0.15, 0.2) is 71.7 Å².